The Hall–Kier alpha value is -3.92. The molecular weight excluding hydrogens is 348 g/mol. The molecule has 4 aromatic rings. The molecule has 2 amide bonds. The molecule has 0 aliphatic heterocycles. The highest BCUT2D eigenvalue weighted by Crippen LogP contribution is 2.26. The molecule has 0 spiro atoms. The van der Waals surface area contributed by atoms with Gasteiger partial charge >= 0.3 is 0 Å². The minimum Gasteiger partial charge on any atom is -0.322 e. The van der Waals surface area contributed by atoms with Gasteiger partial charge in [0.15, 0.2) is 0 Å². The highest BCUT2D eigenvalue weighted by Gasteiger charge is 2.16. The molecule has 0 aliphatic rings. The third-order valence-electron chi connectivity index (χ3n) is 4.45. The normalized spacial score (nSPS) is 10.4. The molecule has 0 aromatic heterocycles. The van der Waals surface area contributed by atoms with Crippen LogP contribution in [0, 0.1) is 0 Å². The number of hydrogen-bond acceptors (Lipinski definition) is 2. The highest BCUT2D eigenvalue weighted by atomic mass is 16.2. The second kappa shape index (κ2) is 7.76. The van der Waals surface area contributed by atoms with Gasteiger partial charge in [-0.05, 0) is 47.2 Å². The topological polar surface area (TPSA) is 58.2 Å². The van der Waals surface area contributed by atoms with Crippen LogP contribution in [0.25, 0.3) is 10.8 Å². The monoisotopic (exact) mass is 366 g/mol. The summed E-state index contributed by atoms with van der Waals surface area (Å²) in [6.07, 6.45) is 0. The van der Waals surface area contributed by atoms with Gasteiger partial charge in [0.25, 0.3) is 11.8 Å². The van der Waals surface area contributed by atoms with E-state index in [4.69, 9.17) is 0 Å². The zero-order valence-corrected chi connectivity index (χ0v) is 15.1. The molecule has 0 bridgehead atoms. The van der Waals surface area contributed by atoms with Gasteiger partial charge < -0.3 is 10.6 Å². The van der Waals surface area contributed by atoms with Crippen LogP contribution in [-0.2, 0) is 0 Å². The smallest absolute Gasteiger partial charge is 0.257 e. The molecule has 0 saturated carbocycles. The Labute approximate surface area is 162 Å². The standard InChI is InChI=1S/C24H18N2O2/c27-23(17-9-3-1-4-10-17)26-22-16-19-12-8-7-11-18(19)15-21(22)24(28)25-20-13-5-2-6-14-20/h1-16H,(H,25,28)(H,26,27). The maximum absolute atomic E-state index is 12.9. The average molecular weight is 366 g/mol. The minimum atomic E-state index is -0.277. The van der Waals surface area contributed by atoms with Crippen molar-refractivity contribution in [1.29, 1.82) is 0 Å². The fourth-order valence-corrected chi connectivity index (χ4v) is 3.04. The Morgan fingerprint density at radius 3 is 1.82 bits per heavy atom. The summed E-state index contributed by atoms with van der Waals surface area (Å²) in [5.41, 5.74) is 2.11. The van der Waals surface area contributed by atoms with Gasteiger partial charge in [0.1, 0.15) is 0 Å². The van der Waals surface area contributed by atoms with Gasteiger partial charge in [-0.25, -0.2) is 0 Å². The Balaban J connectivity index is 1.72. The molecule has 0 aliphatic carbocycles. The van der Waals surface area contributed by atoms with Crippen LogP contribution in [0.15, 0.2) is 97.1 Å². The molecule has 0 heterocycles. The molecule has 0 fully saturated rings. The second-order valence-electron chi connectivity index (χ2n) is 6.39. The first kappa shape index (κ1) is 17.5. The van der Waals surface area contributed by atoms with Gasteiger partial charge in [0, 0.05) is 11.3 Å². The fourth-order valence-electron chi connectivity index (χ4n) is 3.04. The number of anilines is 2. The highest BCUT2D eigenvalue weighted by molar-refractivity contribution is 6.14. The summed E-state index contributed by atoms with van der Waals surface area (Å²) in [5.74, 6) is -0.537. The van der Waals surface area contributed by atoms with Crippen molar-refractivity contribution in [3.05, 3.63) is 108 Å². The van der Waals surface area contributed by atoms with E-state index >= 15 is 0 Å². The summed E-state index contributed by atoms with van der Waals surface area (Å²) < 4.78 is 0. The molecule has 0 unspecified atom stereocenters. The van der Waals surface area contributed by atoms with E-state index in [0.717, 1.165) is 10.8 Å². The number of carbonyl (C=O) groups excluding carboxylic acids is 2. The molecule has 4 rings (SSSR count). The number of carbonyl (C=O) groups is 2. The van der Waals surface area contributed by atoms with Gasteiger partial charge in [-0.15, -0.1) is 0 Å². The second-order valence-corrected chi connectivity index (χ2v) is 6.39. The maximum atomic E-state index is 12.9. The Morgan fingerprint density at radius 1 is 0.571 bits per heavy atom. The van der Waals surface area contributed by atoms with Crippen molar-refractivity contribution < 1.29 is 9.59 Å². The first-order valence-corrected chi connectivity index (χ1v) is 8.96. The van der Waals surface area contributed by atoms with E-state index in [-0.39, 0.29) is 11.8 Å². The summed E-state index contributed by atoms with van der Waals surface area (Å²) in [6, 6.07) is 29.5. The summed E-state index contributed by atoms with van der Waals surface area (Å²) in [5, 5.41) is 7.65. The lowest BCUT2D eigenvalue weighted by atomic mass is 10.0. The van der Waals surface area contributed by atoms with Crippen molar-refractivity contribution in [1.82, 2.24) is 0 Å². The predicted octanol–water partition coefficient (Wildman–Crippen LogP) is 5.34. The molecule has 4 heteroatoms. The summed E-state index contributed by atoms with van der Waals surface area (Å²) in [6.45, 7) is 0. The van der Waals surface area contributed by atoms with Crippen LogP contribution in [0.4, 0.5) is 11.4 Å². The van der Waals surface area contributed by atoms with Gasteiger partial charge in [-0.1, -0.05) is 60.7 Å². The third-order valence-corrected chi connectivity index (χ3v) is 4.45. The van der Waals surface area contributed by atoms with Gasteiger partial charge in [0.2, 0.25) is 0 Å². The van der Waals surface area contributed by atoms with E-state index in [2.05, 4.69) is 10.6 Å². The van der Waals surface area contributed by atoms with Crippen molar-refractivity contribution in [2.45, 2.75) is 0 Å². The van der Waals surface area contributed by atoms with E-state index < -0.39 is 0 Å². The van der Waals surface area contributed by atoms with Crippen LogP contribution in [0.3, 0.4) is 0 Å². The molecule has 0 saturated heterocycles. The van der Waals surface area contributed by atoms with Crippen LogP contribution in [0.1, 0.15) is 20.7 Å². The Bertz CT molecular complexity index is 1140. The molecule has 4 aromatic carbocycles. The van der Waals surface area contributed by atoms with Crippen molar-refractivity contribution in [2.75, 3.05) is 10.6 Å². The Kier molecular flexibility index (Phi) is 4.85. The minimum absolute atomic E-state index is 0.260. The molecular formula is C24H18N2O2. The molecule has 0 atom stereocenters. The Morgan fingerprint density at radius 2 is 1.14 bits per heavy atom. The first-order valence-electron chi connectivity index (χ1n) is 8.96. The first-order chi connectivity index (χ1) is 13.7. The number of fused-ring (bicyclic) bond motifs is 1. The molecule has 4 nitrogen and oxygen atoms in total. The average Bonchev–Trinajstić information content (AvgIpc) is 2.74. The summed E-state index contributed by atoms with van der Waals surface area (Å²) >= 11 is 0. The van der Waals surface area contributed by atoms with Crippen molar-refractivity contribution in [3.8, 4) is 0 Å². The lowest BCUT2D eigenvalue weighted by molar-refractivity contribution is 0.102. The summed E-state index contributed by atoms with van der Waals surface area (Å²) in [4.78, 5) is 25.6. The zero-order valence-electron chi connectivity index (χ0n) is 15.1. The van der Waals surface area contributed by atoms with E-state index in [1.807, 2.05) is 66.7 Å². The summed E-state index contributed by atoms with van der Waals surface area (Å²) in [7, 11) is 0. The lowest BCUT2D eigenvalue weighted by Crippen LogP contribution is -2.18. The molecule has 28 heavy (non-hydrogen) atoms. The van der Waals surface area contributed by atoms with Crippen LogP contribution in [0.2, 0.25) is 0 Å². The van der Waals surface area contributed by atoms with Crippen molar-refractivity contribution >= 4 is 34.0 Å². The van der Waals surface area contributed by atoms with Crippen LogP contribution in [0.5, 0.6) is 0 Å². The van der Waals surface area contributed by atoms with Crippen LogP contribution in [-0.4, -0.2) is 11.8 Å². The van der Waals surface area contributed by atoms with Crippen molar-refractivity contribution in [2.24, 2.45) is 0 Å². The number of benzene rings is 4. The van der Waals surface area contributed by atoms with Gasteiger partial charge in [-0.3, -0.25) is 9.59 Å². The van der Waals surface area contributed by atoms with E-state index in [0.29, 0.717) is 22.5 Å². The van der Waals surface area contributed by atoms with E-state index in [9.17, 15) is 9.59 Å². The van der Waals surface area contributed by atoms with Gasteiger partial charge in [-0.2, -0.15) is 0 Å². The lowest BCUT2D eigenvalue weighted by Gasteiger charge is -2.13. The fraction of sp³-hybridized carbons (Fsp3) is 0. The SMILES string of the molecule is O=C(Nc1cc2ccccc2cc1C(=O)Nc1ccccc1)c1ccccc1. The number of rotatable bonds is 4. The number of amides is 2. The van der Waals surface area contributed by atoms with Crippen molar-refractivity contribution in [3.63, 3.8) is 0 Å². The van der Waals surface area contributed by atoms with Crippen LogP contribution >= 0.6 is 0 Å². The molecule has 0 radical (unpaired) electrons. The third kappa shape index (κ3) is 3.76. The van der Waals surface area contributed by atoms with Crippen LogP contribution < -0.4 is 10.6 Å². The number of hydrogen-bond donors (Lipinski definition) is 2. The number of nitrogens with one attached hydrogen (secondary N) is 2. The largest absolute Gasteiger partial charge is 0.322 e. The quantitative estimate of drug-likeness (QED) is 0.512. The maximum Gasteiger partial charge on any atom is 0.257 e. The zero-order chi connectivity index (χ0) is 19.3. The predicted molar refractivity (Wildman–Crippen MR) is 113 cm³/mol. The van der Waals surface area contributed by atoms with Gasteiger partial charge in [0.05, 0.1) is 11.3 Å². The van der Waals surface area contributed by atoms with E-state index in [1.165, 1.54) is 0 Å². The number of para-hydroxylation sites is 1. The van der Waals surface area contributed by atoms with E-state index in [1.54, 1.807) is 30.3 Å². The molecule has 136 valence electrons. The molecule has 2 N–H and O–H groups in total.